The molecule has 1 aliphatic heterocycles. The van der Waals surface area contributed by atoms with Crippen LogP contribution in [0.5, 0.6) is 0 Å². The lowest BCUT2D eigenvalue weighted by molar-refractivity contribution is 0.766. The molecule has 0 saturated heterocycles. The third-order valence-electron chi connectivity index (χ3n) is 10.3. The van der Waals surface area contributed by atoms with Crippen molar-refractivity contribution in [2.75, 3.05) is 4.90 Å². The van der Waals surface area contributed by atoms with E-state index < -0.39 is 5.41 Å². The van der Waals surface area contributed by atoms with Crippen molar-refractivity contribution >= 4 is 29.2 Å². The van der Waals surface area contributed by atoms with E-state index in [-0.39, 0.29) is 0 Å². The number of nitrogens with zero attached hydrogens (tertiary/aromatic N) is 1. The van der Waals surface area contributed by atoms with Crippen LogP contribution in [0.25, 0.3) is 45.5 Å². The molecule has 2 aliphatic carbocycles. The Morgan fingerprint density at radius 1 is 0.326 bits per heavy atom. The number of para-hydroxylation sites is 2. The summed E-state index contributed by atoms with van der Waals surface area (Å²) in [7, 11) is 0. The number of anilines is 3. The molecule has 0 atom stereocenters. The first-order chi connectivity index (χ1) is 22.8. The van der Waals surface area contributed by atoms with E-state index in [2.05, 4.69) is 181 Å². The third kappa shape index (κ3) is 3.29. The highest BCUT2D eigenvalue weighted by molar-refractivity contribution is 6.03. The van der Waals surface area contributed by atoms with Gasteiger partial charge in [0.15, 0.2) is 0 Å². The second-order valence-electron chi connectivity index (χ2n) is 12.4. The quantitative estimate of drug-likeness (QED) is 0.186. The van der Waals surface area contributed by atoms with Crippen LogP contribution in [0.4, 0.5) is 17.1 Å². The van der Waals surface area contributed by atoms with Gasteiger partial charge in [0.05, 0.1) is 16.8 Å². The smallest absolute Gasteiger partial charge is 0.0725 e. The zero-order valence-electron chi connectivity index (χ0n) is 25.2. The van der Waals surface area contributed by atoms with Gasteiger partial charge in [0.1, 0.15) is 0 Å². The van der Waals surface area contributed by atoms with Crippen LogP contribution in [0, 0.1) is 0 Å². The summed E-state index contributed by atoms with van der Waals surface area (Å²) in [5.41, 5.74) is 18.6. The molecular weight excluding hydrogens is 555 g/mol. The Labute approximate surface area is 269 Å². The second kappa shape index (κ2) is 9.54. The Morgan fingerprint density at radius 2 is 0.761 bits per heavy atom. The number of benzene rings is 7. The monoisotopic (exact) mass is 583 g/mol. The zero-order chi connectivity index (χ0) is 30.2. The summed E-state index contributed by atoms with van der Waals surface area (Å²) < 4.78 is 0. The van der Waals surface area contributed by atoms with Gasteiger partial charge in [-0.25, -0.2) is 0 Å². The Bertz CT molecular complexity index is 2280. The van der Waals surface area contributed by atoms with Crippen molar-refractivity contribution in [2.45, 2.75) is 5.41 Å². The Balaban J connectivity index is 1.29. The Hall–Kier alpha value is -5.92. The van der Waals surface area contributed by atoms with E-state index in [0.29, 0.717) is 0 Å². The van der Waals surface area contributed by atoms with Crippen molar-refractivity contribution in [3.05, 3.63) is 197 Å². The number of fused-ring (bicyclic) bond motifs is 14. The van der Waals surface area contributed by atoms with Gasteiger partial charge in [0.25, 0.3) is 0 Å². The summed E-state index contributed by atoms with van der Waals surface area (Å²) in [6, 6.07) is 60.6. The van der Waals surface area contributed by atoms with Crippen LogP contribution in [0.1, 0.15) is 33.4 Å². The highest BCUT2D eigenvalue weighted by Gasteiger charge is 2.48. The van der Waals surface area contributed by atoms with Gasteiger partial charge >= 0.3 is 0 Å². The average Bonchev–Trinajstić information content (AvgIpc) is 3.23. The van der Waals surface area contributed by atoms with Gasteiger partial charge in [0.2, 0.25) is 0 Å². The van der Waals surface area contributed by atoms with Gasteiger partial charge in [-0.1, -0.05) is 152 Å². The number of hydrogen-bond donors (Lipinski definition) is 0. The molecule has 0 unspecified atom stereocenters. The fraction of sp³-hybridized carbons (Fsp3) is 0.0222. The molecule has 3 aliphatic rings. The maximum Gasteiger partial charge on any atom is 0.0725 e. The second-order valence-corrected chi connectivity index (χ2v) is 12.4. The summed E-state index contributed by atoms with van der Waals surface area (Å²) in [6.07, 6.45) is 4.58. The molecule has 1 nitrogen and oxygen atoms in total. The molecule has 0 radical (unpaired) electrons. The molecule has 7 aromatic carbocycles. The Kier molecular flexibility index (Phi) is 5.27. The molecule has 0 saturated carbocycles. The summed E-state index contributed by atoms with van der Waals surface area (Å²) in [6.45, 7) is 0. The van der Waals surface area contributed by atoms with Crippen LogP contribution >= 0.6 is 0 Å². The van der Waals surface area contributed by atoms with Crippen LogP contribution in [0.3, 0.4) is 0 Å². The van der Waals surface area contributed by atoms with Crippen molar-refractivity contribution in [3.8, 4) is 33.4 Å². The molecule has 46 heavy (non-hydrogen) atoms. The van der Waals surface area contributed by atoms with Gasteiger partial charge in [0, 0.05) is 16.8 Å². The lowest BCUT2D eigenvalue weighted by Gasteiger charge is -2.35. The maximum absolute atomic E-state index is 2.47. The van der Waals surface area contributed by atoms with Gasteiger partial charge in [-0.05, 0) is 79.9 Å². The standard InChI is InChI=1S/C45H29N/c1-8-20-39-30(13-1)25-26-31-14-2-9-21-40(31)45(39)41-22-10-5-17-35(41)38-29-32(27-28-42(38)45)46-43-23-11-6-18-36(43)33-15-3-4-16-34(33)37-19-7-12-24-44(37)46/h1-29H. The summed E-state index contributed by atoms with van der Waals surface area (Å²) in [5.74, 6) is 0. The van der Waals surface area contributed by atoms with Gasteiger partial charge in [-0.3, -0.25) is 0 Å². The van der Waals surface area contributed by atoms with Gasteiger partial charge in [-0.2, -0.15) is 0 Å². The third-order valence-corrected chi connectivity index (χ3v) is 10.3. The van der Waals surface area contributed by atoms with E-state index in [9.17, 15) is 0 Å². The number of rotatable bonds is 1. The first-order valence-electron chi connectivity index (χ1n) is 16.0. The summed E-state index contributed by atoms with van der Waals surface area (Å²) in [4.78, 5) is 2.47. The zero-order valence-corrected chi connectivity index (χ0v) is 25.2. The minimum atomic E-state index is -0.425. The van der Waals surface area contributed by atoms with Gasteiger partial charge < -0.3 is 4.90 Å². The van der Waals surface area contributed by atoms with Crippen LogP contribution in [0.2, 0.25) is 0 Å². The first kappa shape index (κ1) is 25.4. The molecule has 7 aromatic rings. The van der Waals surface area contributed by atoms with Crippen LogP contribution in [-0.4, -0.2) is 0 Å². The lowest BCUT2D eigenvalue weighted by atomic mass is 9.66. The topological polar surface area (TPSA) is 3.24 Å². The van der Waals surface area contributed by atoms with E-state index in [1.807, 2.05) is 0 Å². The van der Waals surface area contributed by atoms with E-state index in [0.717, 1.165) is 5.69 Å². The molecule has 0 fully saturated rings. The largest absolute Gasteiger partial charge is 0.309 e. The molecule has 0 aromatic heterocycles. The molecule has 1 heteroatoms. The van der Waals surface area contributed by atoms with Crippen molar-refractivity contribution in [1.29, 1.82) is 0 Å². The summed E-state index contributed by atoms with van der Waals surface area (Å²) >= 11 is 0. The molecule has 1 heterocycles. The van der Waals surface area contributed by atoms with E-state index in [1.165, 1.54) is 78.1 Å². The lowest BCUT2D eigenvalue weighted by Crippen LogP contribution is -2.29. The van der Waals surface area contributed by atoms with Crippen LogP contribution in [0.15, 0.2) is 164 Å². The van der Waals surface area contributed by atoms with Crippen LogP contribution < -0.4 is 4.90 Å². The predicted octanol–water partition coefficient (Wildman–Crippen LogP) is 11.7. The highest BCUT2D eigenvalue weighted by atomic mass is 15.1. The number of hydrogen-bond acceptors (Lipinski definition) is 1. The summed E-state index contributed by atoms with van der Waals surface area (Å²) in [5, 5.41) is 0. The molecule has 214 valence electrons. The minimum Gasteiger partial charge on any atom is -0.309 e. The molecule has 0 amide bonds. The van der Waals surface area contributed by atoms with Crippen molar-refractivity contribution in [2.24, 2.45) is 0 Å². The minimum absolute atomic E-state index is 0.425. The van der Waals surface area contributed by atoms with Crippen LogP contribution in [-0.2, 0) is 5.41 Å². The molecule has 0 N–H and O–H groups in total. The van der Waals surface area contributed by atoms with Crippen molar-refractivity contribution < 1.29 is 0 Å². The van der Waals surface area contributed by atoms with Crippen molar-refractivity contribution in [1.82, 2.24) is 0 Å². The van der Waals surface area contributed by atoms with E-state index in [1.54, 1.807) is 0 Å². The molecule has 1 spiro atoms. The van der Waals surface area contributed by atoms with E-state index in [4.69, 9.17) is 0 Å². The SMILES string of the molecule is C1=Cc2ccccc2C2(c3ccccc31)c1ccccc1-c1cc(N3c4ccccc4-c4ccccc4-c4ccccc43)ccc12. The Morgan fingerprint density at radius 3 is 1.35 bits per heavy atom. The fourth-order valence-electron chi connectivity index (χ4n) is 8.44. The van der Waals surface area contributed by atoms with Gasteiger partial charge in [-0.15, -0.1) is 0 Å². The normalized spacial score (nSPS) is 14.1. The fourth-order valence-corrected chi connectivity index (χ4v) is 8.44. The molecular formula is C45H29N. The highest BCUT2D eigenvalue weighted by Crippen LogP contribution is 2.60. The predicted molar refractivity (Wildman–Crippen MR) is 192 cm³/mol. The van der Waals surface area contributed by atoms with E-state index >= 15 is 0 Å². The average molecular weight is 584 g/mol. The first-order valence-corrected chi connectivity index (χ1v) is 16.0. The molecule has 0 bridgehead atoms. The van der Waals surface area contributed by atoms with Crippen molar-refractivity contribution in [3.63, 3.8) is 0 Å². The maximum atomic E-state index is 2.47. The molecule has 10 rings (SSSR count).